The Hall–Kier alpha value is -2.89. The molecule has 3 N–H and O–H groups in total. The highest BCUT2D eigenvalue weighted by molar-refractivity contribution is 6.23. The fourth-order valence-corrected chi connectivity index (χ4v) is 3.07. The standard InChI is InChI=1S/C18H19N3O3/c1-9-6-5-7-11(18(2,3)4)14(9)21-12(22)8-10-13(15(21)19)17(24)20-16(10)23/h5-8H,19H2,1-4H3,(H,20,23,24). The van der Waals surface area contributed by atoms with Crippen LogP contribution in [0.2, 0.25) is 0 Å². The number of pyridine rings is 1. The number of rotatable bonds is 1. The minimum absolute atomic E-state index is 0.0133. The lowest BCUT2D eigenvalue weighted by Gasteiger charge is -2.26. The minimum Gasteiger partial charge on any atom is -0.384 e. The van der Waals surface area contributed by atoms with Crippen LogP contribution >= 0.6 is 0 Å². The number of nitrogens with zero attached hydrogens (tertiary/aromatic N) is 1. The van der Waals surface area contributed by atoms with Crippen LogP contribution in [0.1, 0.15) is 52.6 Å². The minimum atomic E-state index is -0.591. The molecule has 6 heteroatoms. The molecule has 0 saturated carbocycles. The maximum Gasteiger partial charge on any atom is 0.262 e. The first-order valence-electron chi connectivity index (χ1n) is 7.64. The average molecular weight is 325 g/mol. The molecule has 2 aromatic rings. The number of hydrogen-bond donors (Lipinski definition) is 2. The third kappa shape index (κ3) is 2.22. The monoisotopic (exact) mass is 325 g/mol. The van der Waals surface area contributed by atoms with Gasteiger partial charge in [-0.3, -0.25) is 24.3 Å². The normalized spacial score (nSPS) is 13.8. The third-order valence-electron chi connectivity index (χ3n) is 4.22. The van der Waals surface area contributed by atoms with Gasteiger partial charge in [-0.05, 0) is 23.5 Å². The lowest BCUT2D eigenvalue weighted by atomic mass is 9.84. The average Bonchev–Trinajstić information content (AvgIpc) is 2.74. The molecule has 6 nitrogen and oxygen atoms in total. The number of nitrogens with one attached hydrogen (secondary N) is 1. The molecule has 0 unspecified atom stereocenters. The van der Waals surface area contributed by atoms with E-state index in [9.17, 15) is 14.4 Å². The number of carbonyl (C=O) groups is 2. The summed E-state index contributed by atoms with van der Waals surface area (Å²) in [5.74, 6) is -1.18. The van der Waals surface area contributed by atoms with E-state index in [2.05, 4.69) is 5.32 Å². The van der Waals surface area contributed by atoms with Gasteiger partial charge in [-0.25, -0.2) is 0 Å². The molecule has 0 bridgehead atoms. The predicted octanol–water partition coefficient (Wildman–Crippen LogP) is 1.91. The van der Waals surface area contributed by atoms with Gasteiger partial charge in [0.1, 0.15) is 5.82 Å². The Labute approximate surface area is 139 Å². The van der Waals surface area contributed by atoms with Gasteiger partial charge in [0.15, 0.2) is 0 Å². The molecule has 2 heterocycles. The second-order valence-corrected chi connectivity index (χ2v) is 7.00. The van der Waals surface area contributed by atoms with Crippen LogP contribution in [0.5, 0.6) is 0 Å². The van der Waals surface area contributed by atoms with Crippen LogP contribution in [0, 0.1) is 6.92 Å². The summed E-state index contributed by atoms with van der Waals surface area (Å²) < 4.78 is 1.33. The van der Waals surface area contributed by atoms with E-state index in [1.54, 1.807) is 0 Å². The highest BCUT2D eigenvalue weighted by Crippen LogP contribution is 2.32. The topological polar surface area (TPSA) is 94.2 Å². The van der Waals surface area contributed by atoms with Crippen LogP contribution < -0.4 is 16.6 Å². The van der Waals surface area contributed by atoms with Gasteiger partial charge in [0.05, 0.1) is 16.8 Å². The molecule has 0 saturated heterocycles. The summed E-state index contributed by atoms with van der Waals surface area (Å²) in [5.41, 5.74) is 8.02. The van der Waals surface area contributed by atoms with Crippen molar-refractivity contribution in [2.75, 3.05) is 5.73 Å². The van der Waals surface area contributed by atoms with Crippen molar-refractivity contribution in [3.8, 4) is 5.69 Å². The Morgan fingerprint density at radius 2 is 1.75 bits per heavy atom. The van der Waals surface area contributed by atoms with Crippen LogP contribution in [0.25, 0.3) is 5.69 Å². The van der Waals surface area contributed by atoms with E-state index in [1.807, 2.05) is 45.9 Å². The van der Waals surface area contributed by atoms with Gasteiger partial charge in [-0.1, -0.05) is 39.0 Å². The fourth-order valence-electron chi connectivity index (χ4n) is 3.07. The first kappa shape index (κ1) is 16.0. The number of carbonyl (C=O) groups excluding carboxylic acids is 2. The number of nitrogen functional groups attached to an aromatic ring is 1. The Kier molecular flexibility index (Phi) is 3.37. The second-order valence-electron chi connectivity index (χ2n) is 7.00. The van der Waals surface area contributed by atoms with E-state index in [4.69, 9.17) is 5.73 Å². The second kappa shape index (κ2) is 5.06. The number of benzene rings is 1. The number of para-hydroxylation sites is 1. The largest absolute Gasteiger partial charge is 0.384 e. The van der Waals surface area contributed by atoms with Gasteiger partial charge in [0, 0.05) is 6.07 Å². The van der Waals surface area contributed by atoms with E-state index < -0.39 is 17.4 Å². The van der Waals surface area contributed by atoms with Crippen molar-refractivity contribution < 1.29 is 9.59 Å². The Balaban J connectivity index is 2.43. The summed E-state index contributed by atoms with van der Waals surface area (Å²) >= 11 is 0. The van der Waals surface area contributed by atoms with Crippen LogP contribution in [0.4, 0.5) is 5.82 Å². The zero-order valence-electron chi connectivity index (χ0n) is 14.1. The number of hydrogen-bond acceptors (Lipinski definition) is 4. The number of anilines is 1. The maximum absolute atomic E-state index is 12.7. The molecule has 0 aliphatic carbocycles. The molecule has 1 aromatic carbocycles. The van der Waals surface area contributed by atoms with Crippen molar-refractivity contribution in [1.29, 1.82) is 0 Å². The molecule has 1 aliphatic rings. The number of nitrogens with two attached hydrogens (primary N) is 1. The number of amides is 2. The number of imide groups is 1. The van der Waals surface area contributed by atoms with Crippen molar-refractivity contribution in [3.63, 3.8) is 0 Å². The zero-order chi connectivity index (χ0) is 17.8. The zero-order valence-corrected chi connectivity index (χ0v) is 14.1. The summed E-state index contributed by atoms with van der Waals surface area (Å²) in [6.07, 6.45) is 0. The summed E-state index contributed by atoms with van der Waals surface area (Å²) in [7, 11) is 0. The van der Waals surface area contributed by atoms with Crippen LogP contribution in [0.15, 0.2) is 29.1 Å². The quantitative estimate of drug-likeness (QED) is 0.783. The van der Waals surface area contributed by atoms with Crippen molar-refractivity contribution >= 4 is 17.6 Å². The number of fused-ring (bicyclic) bond motifs is 1. The van der Waals surface area contributed by atoms with Gasteiger partial charge in [0.25, 0.3) is 17.4 Å². The van der Waals surface area contributed by atoms with Crippen molar-refractivity contribution in [2.24, 2.45) is 0 Å². The molecule has 0 radical (unpaired) electrons. The van der Waals surface area contributed by atoms with Gasteiger partial charge >= 0.3 is 0 Å². The Morgan fingerprint density at radius 3 is 2.38 bits per heavy atom. The molecule has 124 valence electrons. The maximum atomic E-state index is 12.7. The highest BCUT2D eigenvalue weighted by atomic mass is 16.2. The molecule has 0 spiro atoms. The number of aromatic nitrogens is 1. The van der Waals surface area contributed by atoms with E-state index in [-0.39, 0.29) is 22.4 Å². The van der Waals surface area contributed by atoms with Gasteiger partial charge in [0.2, 0.25) is 0 Å². The summed E-state index contributed by atoms with van der Waals surface area (Å²) in [6, 6.07) is 6.91. The fraction of sp³-hybridized carbons (Fsp3) is 0.278. The lowest BCUT2D eigenvalue weighted by molar-refractivity contribution is 0.0880. The van der Waals surface area contributed by atoms with Gasteiger partial charge < -0.3 is 5.73 Å². The summed E-state index contributed by atoms with van der Waals surface area (Å²) in [4.78, 5) is 36.5. The van der Waals surface area contributed by atoms with E-state index >= 15 is 0 Å². The van der Waals surface area contributed by atoms with Crippen molar-refractivity contribution in [1.82, 2.24) is 9.88 Å². The summed E-state index contributed by atoms with van der Waals surface area (Å²) in [5, 5.41) is 2.18. The number of aryl methyl sites for hydroxylation is 1. The van der Waals surface area contributed by atoms with Gasteiger partial charge in [-0.2, -0.15) is 0 Å². The molecule has 0 fully saturated rings. The summed E-state index contributed by atoms with van der Waals surface area (Å²) in [6.45, 7) is 8.00. The van der Waals surface area contributed by atoms with E-state index in [0.717, 1.165) is 11.1 Å². The predicted molar refractivity (Wildman–Crippen MR) is 91.7 cm³/mol. The van der Waals surface area contributed by atoms with Crippen LogP contribution in [-0.4, -0.2) is 16.4 Å². The molecule has 24 heavy (non-hydrogen) atoms. The first-order chi connectivity index (χ1) is 11.1. The molecule has 0 atom stereocenters. The first-order valence-corrected chi connectivity index (χ1v) is 7.64. The molecule has 1 aliphatic heterocycles. The Morgan fingerprint density at radius 1 is 1.08 bits per heavy atom. The smallest absolute Gasteiger partial charge is 0.262 e. The van der Waals surface area contributed by atoms with Gasteiger partial charge in [-0.15, -0.1) is 0 Å². The molecular formula is C18H19N3O3. The van der Waals surface area contributed by atoms with Crippen molar-refractivity contribution in [2.45, 2.75) is 33.1 Å². The molecule has 3 rings (SSSR count). The third-order valence-corrected chi connectivity index (χ3v) is 4.22. The van der Waals surface area contributed by atoms with E-state index in [0.29, 0.717) is 5.69 Å². The van der Waals surface area contributed by atoms with Crippen molar-refractivity contribution in [3.05, 3.63) is 56.9 Å². The van der Waals surface area contributed by atoms with Crippen LogP contribution in [-0.2, 0) is 5.41 Å². The Bertz CT molecular complexity index is 949. The van der Waals surface area contributed by atoms with E-state index in [1.165, 1.54) is 10.6 Å². The highest BCUT2D eigenvalue weighted by Gasteiger charge is 2.33. The lowest BCUT2D eigenvalue weighted by Crippen LogP contribution is -2.27. The van der Waals surface area contributed by atoms with Crippen LogP contribution in [0.3, 0.4) is 0 Å². The SMILES string of the molecule is Cc1cccc(C(C)(C)C)c1-n1c(N)c2c(cc1=O)C(=O)NC2=O. The molecular weight excluding hydrogens is 306 g/mol. The molecule has 1 aromatic heterocycles. The molecule has 2 amide bonds.